The van der Waals surface area contributed by atoms with E-state index in [2.05, 4.69) is 10.2 Å². The van der Waals surface area contributed by atoms with E-state index in [1.54, 1.807) is 7.05 Å². The molecule has 2 rings (SSSR count). The average Bonchev–Trinajstić information content (AvgIpc) is 2.77. The number of hydrogen-bond donors (Lipinski definition) is 1. The van der Waals surface area contributed by atoms with E-state index >= 15 is 0 Å². The van der Waals surface area contributed by atoms with Gasteiger partial charge in [0.1, 0.15) is 0 Å². The van der Waals surface area contributed by atoms with Crippen LogP contribution in [-0.2, 0) is 11.8 Å². The second kappa shape index (κ2) is 6.10. The zero-order valence-corrected chi connectivity index (χ0v) is 12.3. The lowest BCUT2D eigenvalue weighted by Crippen LogP contribution is -2.01. The van der Waals surface area contributed by atoms with Crippen LogP contribution in [0.4, 0.5) is 5.69 Å². The molecule has 0 aliphatic carbocycles. The molecule has 2 aromatic rings. The number of nitrogens with zero attached hydrogens (tertiary/aromatic N) is 4. The number of carboxylic acid groups (broad SMARTS) is 1. The lowest BCUT2D eigenvalue weighted by Gasteiger charge is -2.04. The van der Waals surface area contributed by atoms with Crippen LogP contribution in [0.1, 0.15) is 0 Å². The van der Waals surface area contributed by atoms with Crippen molar-refractivity contribution >= 4 is 35.0 Å². The smallest absolute Gasteiger partial charge is 0.313 e. The summed E-state index contributed by atoms with van der Waals surface area (Å²) in [6.45, 7) is 0. The van der Waals surface area contributed by atoms with Gasteiger partial charge in [0.15, 0.2) is 11.0 Å². The van der Waals surface area contributed by atoms with E-state index in [0.29, 0.717) is 5.16 Å². The number of hydrogen-bond acceptors (Lipinski definition) is 6. The van der Waals surface area contributed by atoms with E-state index < -0.39 is 10.9 Å². The number of aliphatic carboxylic acids is 1. The Morgan fingerprint density at radius 1 is 1.52 bits per heavy atom. The summed E-state index contributed by atoms with van der Waals surface area (Å²) in [5.41, 5.74) is 0.0781. The predicted octanol–water partition coefficient (Wildman–Crippen LogP) is 2.22. The summed E-state index contributed by atoms with van der Waals surface area (Å²) in [5, 5.41) is 28.1. The Kier molecular flexibility index (Phi) is 4.43. The summed E-state index contributed by atoms with van der Waals surface area (Å²) in [6.07, 6.45) is 0. The first-order valence-electron chi connectivity index (χ1n) is 5.58. The highest BCUT2D eigenvalue weighted by atomic mass is 35.5. The van der Waals surface area contributed by atoms with Gasteiger partial charge in [-0.15, -0.1) is 10.2 Å². The molecule has 0 saturated heterocycles. The third-order valence-electron chi connectivity index (χ3n) is 2.56. The first kappa shape index (κ1) is 15.3. The summed E-state index contributed by atoms with van der Waals surface area (Å²) in [7, 11) is 1.61. The molecule has 110 valence electrons. The van der Waals surface area contributed by atoms with Crippen molar-refractivity contribution in [2.75, 3.05) is 5.75 Å². The minimum atomic E-state index is -0.984. The fourth-order valence-corrected chi connectivity index (χ4v) is 2.44. The lowest BCUT2D eigenvalue weighted by atomic mass is 10.1. The number of thioether (sulfide) groups is 1. The standard InChI is InChI=1S/C11H9ClN4O4S/c1-15-10(13-14-11(15)21-5-9(17)18)7-3-2-6(12)4-8(7)16(19)20/h2-4H,5H2,1H3,(H,17,18). The molecule has 0 fully saturated rings. The second-order valence-corrected chi connectivity index (χ2v) is 5.35. The van der Waals surface area contributed by atoms with E-state index in [4.69, 9.17) is 16.7 Å². The predicted molar refractivity (Wildman–Crippen MR) is 76.5 cm³/mol. The van der Waals surface area contributed by atoms with Gasteiger partial charge in [0.05, 0.1) is 16.2 Å². The van der Waals surface area contributed by atoms with Gasteiger partial charge in [-0.1, -0.05) is 23.4 Å². The van der Waals surface area contributed by atoms with Gasteiger partial charge in [-0.25, -0.2) is 0 Å². The number of nitro benzene ring substituents is 1. The molecule has 1 N–H and O–H groups in total. The van der Waals surface area contributed by atoms with Gasteiger partial charge >= 0.3 is 5.97 Å². The van der Waals surface area contributed by atoms with Crippen LogP contribution >= 0.6 is 23.4 Å². The summed E-state index contributed by atoms with van der Waals surface area (Å²) in [5.74, 6) is -0.886. The Hall–Kier alpha value is -2.13. The first-order valence-corrected chi connectivity index (χ1v) is 6.95. The fourth-order valence-electron chi connectivity index (χ4n) is 1.65. The van der Waals surface area contributed by atoms with Crippen molar-refractivity contribution in [2.45, 2.75) is 5.16 Å². The largest absolute Gasteiger partial charge is 0.481 e. The van der Waals surface area contributed by atoms with Crippen LogP contribution in [0.3, 0.4) is 0 Å². The third-order valence-corrected chi connectivity index (χ3v) is 3.80. The molecule has 0 bridgehead atoms. The molecule has 0 atom stereocenters. The first-order chi connectivity index (χ1) is 9.90. The molecule has 0 spiro atoms. The third kappa shape index (κ3) is 3.31. The summed E-state index contributed by atoms with van der Waals surface area (Å²) in [4.78, 5) is 21.1. The number of carboxylic acids is 1. The molecule has 0 unspecified atom stereocenters. The number of carbonyl (C=O) groups is 1. The number of nitro groups is 1. The molecule has 10 heteroatoms. The fraction of sp³-hybridized carbons (Fsp3) is 0.182. The number of rotatable bonds is 5. The van der Waals surface area contributed by atoms with Crippen LogP contribution < -0.4 is 0 Å². The highest BCUT2D eigenvalue weighted by Crippen LogP contribution is 2.32. The normalized spacial score (nSPS) is 10.6. The van der Waals surface area contributed by atoms with Crippen LogP contribution in [0, 0.1) is 10.1 Å². The molecule has 1 heterocycles. The molecule has 1 aromatic carbocycles. The highest BCUT2D eigenvalue weighted by molar-refractivity contribution is 7.99. The van der Waals surface area contributed by atoms with Crippen molar-refractivity contribution in [2.24, 2.45) is 7.05 Å². The maximum Gasteiger partial charge on any atom is 0.313 e. The molecule has 21 heavy (non-hydrogen) atoms. The van der Waals surface area contributed by atoms with E-state index in [9.17, 15) is 14.9 Å². The van der Waals surface area contributed by atoms with E-state index in [1.165, 1.54) is 22.8 Å². The number of benzene rings is 1. The monoisotopic (exact) mass is 328 g/mol. The molecule has 0 aliphatic rings. The quantitative estimate of drug-likeness (QED) is 0.508. The van der Waals surface area contributed by atoms with Crippen molar-refractivity contribution in [1.82, 2.24) is 14.8 Å². The van der Waals surface area contributed by atoms with Crippen LogP contribution in [-0.4, -0.2) is 36.5 Å². The number of halogens is 1. The molecule has 0 radical (unpaired) electrons. The van der Waals surface area contributed by atoms with Gasteiger partial charge in [-0.2, -0.15) is 0 Å². The van der Waals surface area contributed by atoms with Crippen molar-refractivity contribution in [3.8, 4) is 11.4 Å². The molecular formula is C11H9ClN4O4S. The minimum absolute atomic E-state index is 0.172. The molecule has 0 aliphatic heterocycles. The molecule has 0 amide bonds. The van der Waals surface area contributed by atoms with Gasteiger partial charge < -0.3 is 9.67 Å². The van der Waals surface area contributed by atoms with Gasteiger partial charge in [-0.3, -0.25) is 14.9 Å². The van der Waals surface area contributed by atoms with E-state index in [-0.39, 0.29) is 27.9 Å². The van der Waals surface area contributed by atoms with Crippen LogP contribution in [0.15, 0.2) is 23.4 Å². The van der Waals surface area contributed by atoms with Crippen LogP contribution in [0.25, 0.3) is 11.4 Å². The van der Waals surface area contributed by atoms with Gasteiger partial charge in [0, 0.05) is 18.1 Å². The van der Waals surface area contributed by atoms with Crippen LogP contribution in [0.2, 0.25) is 5.02 Å². The van der Waals surface area contributed by atoms with Crippen molar-refractivity contribution < 1.29 is 14.8 Å². The van der Waals surface area contributed by atoms with E-state index in [1.807, 2.05) is 0 Å². The molecule has 1 aromatic heterocycles. The zero-order valence-electron chi connectivity index (χ0n) is 10.7. The minimum Gasteiger partial charge on any atom is -0.481 e. The molecule has 0 saturated carbocycles. The zero-order chi connectivity index (χ0) is 15.6. The Labute approximate surface area is 127 Å². The van der Waals surface area contributed by atoms with Gasteiger partial charge in [0.2, 0.25) is 0 Å². The van der Waals surface area contributed by atoms with Gasteiger partial charge in [-0.05, 0) is 12.1 Å². The highest BCUT2D eigenvalue weighted by Gasteiger charge is 2.21. The van der Waals surface area contributed by atoms with Gasteiger partial charge in [0.25, 0.3) is 5.69 Å². The maximum atomic E-state index is 11.1. The summed E-state index contributed by atoms with van der Waals surface area (Å²) < 4.78 is 1.50. The van der Waals surface area contributed by atoms with Crippen LogP contribution in [0.5, 0.6) is 0 Å². The second-order valence-electron chi connectivity index (χ2n) is 3.97. The van der Waals surface area contributed by atoms with E-state index in [0.717, 1.165) is 11.8 Å². The molecular weight excluding hydrogens is 320 g/mol. The Morgan fingerprint density at radius 3 is 2.86 bits per heavy atom. The summed E-state index contributed by atoms with van der Waals surface area (Å²) >= 11 is 6.74. The maximum absolute atomic E-state index is 11.1. The summed E-state index contributed by atoms with van der Waals surface area (Å²) in [6, 6.07) is 4.23. The Balaban J connectivity index is 2.44. The van der Waals surface area contributed by atoms with Crippen molar-refractivity contribution in [1.29, 1.82) is 0 Å². The SMILES string of the molecule is Cn1c(SCC(=O)O)nnc1-c1ccc(Cl)cc1[N+](=O)[O-]. The Bertz CT molecular complexity index is 718. The number of aromatic nitrogens is 3. The Morgan fingerprint density at radius 2 is 2.24 bits per heavy atom. The van der Waals surface area contributed by atoms with Crippen molar-refractivity contribution in [3.05, 3.63) is 33.3 Å². The molecule has 8 nitrogen and oxygen atoms in total. The topological polar surface area (TPSA) is 111 Å². The lowest BCUT2D eigenvalue weighted by molar-refractivity contribution is -0.384. The average molecular weight is 329 g/mol. The van der Waals surface area contributed by atoms with Crippen molar-refractivity contribution in [3.63, 3.8) is 0 Å².